The zero-order chi connectivity index (χ0) is 13.2. The Morgan fingerprint density at radius 3 is 2.35 bits per heavy atom. The second-order valence-corrected chi connectivity index (χ2v) is 5.56. The third-order valence-corrected chi connectivity index (χ3v) is 2.76. The molecule has 17 heavy (non-hydrogen) atoms. The third-order valence-electron chi connectivity index (χ3n) is 2.76. The second-order valence-electron chi connectivity index (χ2n) is 5.56. The van der Waals surface area contributed by atoms with Crippen LogP contribution in [0.1, 0.15) is 38.8 Å². The summed E-state index contributed by atoms with van der Waals surface area (Å²) in [6.45, 7) is 10.2. The largest absolute Gasteiger partial charge is 0.325 e. The molecular weight excluding hydrogens is 212 g/mol. The van der Waals surface area contributed by atoms with Gasteiger partial charge in [-0.1, -0.05) is 32.9 Å². The van der Waals surface area contributed by atoms with Crippen molar-refractivity contribution in [3.05, 3.63) is 29.3 Å². The molecule has 1 aromatic rings. The van der Waals surface area contributed by atoms with Crippen molar-refractivity contribution in [1.82, 2.24) is 0 Å². The molecule has 0 fully saturated rings. The molecule has 0 aliphatic carbocycles. The Bertz CT molecular complexity index is 417. The molecule has 0 radical (unpaired) electrons. The number of hydrogen-bond donors (Lipinski definition) is 2. The molecular formula is C14H22N2O. The first-order valence-electron chi connectivity index (χ1n) is 5.89. The molecule has 94 valence electrons. The van der Waals surface area contributed by atoms with Crippen molar-refractivity contribution < 1.29 is 4.79 Å². The van der Waals surface area contributed by atoms with Crippen molar-refractivity contribution in [2.75, 3.05) is 5.32 Å². The first-order valence-corrected chi connectivity index (χ1v) is 5.89. The molecule has 1 rings (SSSR count). The molecule has 0 aromatic heterocycles. The molecule has 1 amide bonds. The highest BCUT2D eigenvalue weighted by molar-refractivity contribution is 5.95. The Labute approximate surface area is 103 Å². The number of anilines is 1. The van der Waals surface area contributed by atoms with Crippen LogP contribution in [0.4, 0.5) is 5.69 Å². The minimum absolute atomic E-state index is 0.120. The van der Waals surface area contributed by atoms with E-state index in [1.54, 1.807) is 6.92 Å². The average molecular weight is 234 g/mol. The molecule has 0 spiro atoms. The van der Waals surface area contributed by atoms with Crippen LogP contribution in [-0.2, 0) is 10.2 Å². The van der Waals surface area contributed by atoms with Crippen molar-refractivity contribution in [3.8, 4) is 0 Å². The lowest BCUT2D eigenvalue weighted by Crippen LogP contribution is -2.32. The van der Waals surface area contributed by atoms with E-state index in [-0.39, 0.29) is 11.3 Å². The highest BCUT2D eigenvalue weighted by Crippen LogP contribution is 2.26. The van der Waals surface area contributed by atoms with E-state index in [1.165, 1.54) is 5.56 Å². The van der Waals surface area contributed by atoms with Crippen molar-refractivity contribution in [3.63, 3.8) is 0 Å². The van der Waals surface area contributed by atoms with E-state index in [1.807, 2.05) is 19.1 Å². The highest BCUT2D eigenvalue weighted by Gasteiger charge is 2.15. The monoisotopic (exact) mass is 234 g/mol. The lowest BCUT2D eigenvalue weighted by Gasteiger charge is -2.21. The van der Waals surface area contributed by atoms with Gasteiger partial charge in [-0.15, -0.1) is 0 Å². The third kappa shape index (κ3) is 3.56. The number of nitrogens with two attached hydrogens (primary N) is 1. The molecule has 3 N–H and O–H groups in total. The van der Waals surface area contributed by atoms with E-state index in [9.17, 15) is 4.79 Å². The maximum Gasteiger partial charge on any atom is 0.241 e. The molecule has 0 saturated carbocycles. The van der Waals surface area contributed by atoms with E-state index >= 15 is 0 Å². The Kier molecular flexibility index (Phi) is 3.94. The highest BCUT2D eigenvalue weighted by atomic mass is 16.2. The standard InChI is InChI=1S/C14H22N2O/c1-9-8-11(14(3,4)5)6-7-12(9)16-13(17)10(2)15/h6-8,10H,15H2,1-5H3,(H,16,17). The zero-order valence-electron chi connectivity index (χ0n) is 11.3. The molecule has 0 bridgehead atoms. The molecule has 0 saturated heterocycles. The van der Waals surface area contributed by atoms with Gasteiger partial charge in [0, 0.05) is 5.69 Å². The van der Waals surface area contributed by atoms with Gasteiger partial charge in [-0.25, -0.2) is 0 Å². The van der Waals surface area contributed by atoms with Crippen LogP contribution in [0.3, 0.4) is 0 Å². The summed E-state index contributed by atoms with van der Waals surface area (Å²) in [5.41, 5.74) is 8.79. The van der Waals surface area contributed by atoms with Gasteiger partial charge in [-0.2, -0.15) is 0 Å². The minimum Gasteiger partial charge on any atom is -0.325 e. The number of aryl methyl sites for hydroxylation is 1. The predicted molar refractivity (Wildman–Crippen MR) is 72.2 cm³/mol. The number of rotatable bonds is 2. The van der Waals surface area contributed by atoms with Crippen LogP contribution in [-0.4, -0.2) is 11.9 Å². The maximum absolute atomic E-state index is 11.5. The molecule has 1 atom stereocenters. The number of amides is 1. The average Bonchev–Trinajstić information content (AvgIpc) is 2.19. The number of carbonyl (C=O) groups is 1. The molecule has 1 aromatic carbocycles. The second kappa shape index (κ2) is 4.88. The summed E-state index contributed by atoms with van der Waals surface area (Å²) in [5, 5.41) is 2.82. The van der Waals surface area contributed by atoms with Gasteiger partial charge in [0.05, 0.1) is 6.04 Å². The quantitative estimate of drug-likeness (QED) is 0.826. The SMILES string of the molecule is Cc1cc(C(C)(C)C)ccc1NC(=O)C(C)N. The van der Waals surface area contributed by atoms with Gasteiger partial charge in [-0.3, -0.25) is 4.79 Å². The van der Waals surface area contributed by atoms with Crippen molar-refractivity contribution in [2.45, 2.75) is 46.1 Å². The van der Waals surface area contributed by atoms with Gasteiger partial charge in [0.1, 0.15) is 0 Å². The lowest BCUT2D eigenvalue weighted by molar-refractivity contribution is -0.117. The fourth-order valence-electron chi connectivity index (χ4n) is 1.52. The number of benzene rings is 1. The predicted octanol–water partition coefficient (Wildman–Crippen LogP) is 2.58. The molecule has 3 heteroatoms. The Morgan fingerprint density at radius 1 is 1.35 bits per heavy atom. The van der Waals surface area contributed by atoms with Crippen molar-refractivity contribution in [1.29, 1.82) is 0 Å². The Balaban J connectivity index is 2.95. The van der Waals surface area contributed by atoms with Gasteiger partial charge < -0.3 is 11.1 Å². The van der Waals surface area contributed by atoms with Gasteiger partial charge in [-0.05, 0) is 36.5 Å². The van der Waals surface area contributed by atoms with Crippen LogP contribution < -0.4 is 11.1 Å². The maximum atomic E-state index is 11.5. The number of nitrogens with one attached hydrogen (secondary N) is 1. The topological polar surface area (TPSA) is 55.1 Å². The van der Waals surface area contributed by atoms with Gasteiger partial charge in [0.15, 0.2) is 0 Å². The van der Waals surface area contributed by atoms with E-state index in [0.29, 0.717) is 0 Å². The van der Waals surface area contributed by atoms with E-state index < -0.39 is 6.04 Å². The Hall–Kier alpha value is -1.35. The van der Waals surface area contributed by atoms with Crippen LogP contribution in [0.5, 0.6) is 0 Å². The summed E-state index contributed by atoms with van der Waals surface area (Å²) in [6.07, 6.45) is 0. The molecule has 0 aliphatic rings. The zero-order valence-corrected chi connectivity index (χ0v) is 11.3. The smallest absolute Gasteiger partial charge is 0.241 e. The van der Waals surface area contributed by atoms with Crippen LogP contribution in [0, 0.1) is 6.92 Å². The summed E-state index contributed by atoms with van der Waals surface area (Å²) in [5.74, 6) is -0.156. The summed E-state index contributed by atoms with van der Waals surface area (Å²) in [7, 11) is 0. The van der Waals surface area contributed by atoms with Crippen LogP contribution in [0.25, 0.3) is 0 Å². The summed E-state index contributed by atoms with van der Waals surface area (Å²) >= 11 is 0. The lowest BCUT2D eigenvalue weighted by atomic mass is 9.86. The van der Waals surface area contributed by atoms with Crippen LogP contribution in [0.15, 0.2) is 18.2 Å². The van der Waals surface area contributed by atoms with Gasteiger partial charge >= 0.3 is 0 Å². The molecule has 3 nitrogen and oxygen atoms in total. The molecule has 0 heterocycles. The molecule has 1 unspecified atom stereocenters. The number of hydrogen-bond acceptors (Lipinski definition) is 2. The van der Waals surface area contributed by atoms with Gasteiger partial charge in [0.2, 0.25) is 5.91 Å². The Morgan fingerprint density at radius 2 is 1.94 bits per heavy atom. The minimum atomic E-state index is -0.489. The summed E-state index contributed by atoms with van der Waals surface area (Å²) < 4.78 is 0. The summed E-state index contributed by atoms with van der Waals surface area (Å²) in [4.78, 5) is 11.5. The first-order chi connectivity index (χ1) is 7.71. The molecule has 0 aliphatic heterocycles. The fourth-order valence-corrected chi connectivity index (χ4v) is 1.52. The first kappa shape index (κ1) is 13.7. The number of carbonyl (C=O) groups excluding carboxylic acids is 1. The summed E-state index contributed by atoms with van der Waals surface area (Å²) in [6, 6.07) is 5.60. The van der Waals surface area contributed by atoms with Crippen molar-refractivity contribution >= 4 is 11.6 Å². The normalized spacial score (nSPS) is 13.3. The fraction of sp³-hybridized carbons (Fsp3) is 0.500. The van der Waals surface area contributed by atoms with Crippen molar-refractivity contribution in [2.24, 2.45) is 5.73 Å². The van der Waals surface area contributed by atoms with E-state index in [0.717, 1.165) is 11.3 Å². The van der Waals surface area contributed by atoms with Crippen LogP contribution >= 0.6 is 0 Å². The van der Waals surface area contributed by atoms with E-state index in [4.69, 9.17) is 5.73 Å². The van der Waals surface area contributed by atoms with Crippen LogP contribution in [0.2, 0.25) is 0 Å². The van der Waals surface area contributed by atoms with E-state index in [2.05, 4.69) is 32.2 Å². The van der Waals surface area contributed by atoms with Gasteiger partial charge in [0.25, 0.3) is 0 Å².